The molecule has 0 saturated carbocycles. The fraction of sp³-hybridized carbons (Fsp3) is 0.0385. The van der Waals surface area contributed by atoms with Crippen molar-refractivity contribution in [1.29, 1.82) is 0 Å². The normalized spacial score (nSPS) is 10.9. The second kappa shape index (κ2) is 9.05. The number of hydrogen-bond acceptors (Lipinski definition) is 4. The zero-order chi connectivity index (χ0) is 21.6. The average Bonchev–Trinajstić information content (AvgIpc) is 2.80. The second-order valence-electron chi connectivity index (χ2n) is 7.02. The van der Waals surface area contributed by atoms with E-state index >= 15 is 0 Å². The number of carbonyl (C=O) groups is 2. The van der Waals surface area contributed by atoms with Crippen molar-refractivity contribution in [2.75, 3.05) is 0 Å². The van der Waals surface area contributed by atoms with E-state index < -0.39 is 5.97 Å². The number of aryl methyl sites for hydroxylation is 1. The van der Waals surface area contributed by atoms with E-state index in [0.717, 1.165) is 16.3 Å². The summed E-state index contributed by atoms with van der Waals surface area (Å²) in [7, 11) is 0. The highest BCUT2D eigenvalue weighted by molar-refractivity contribution is 6.04. The van der Waals surface area contributed by atoms with Crippen LogP contribution in [0.3, 0.4) is 0 Å². The molecule has 0 unspecified atom stereocenters. The number of rotatable bonds is 5. The smallest absolute Gasteiger partial charge is 0.343 e. The molecule has 31 heavy (non-hydrogen) atoms. The number of esters is 1. The highest BCUT2D eigenvalue weighted by Crippen LogP contribution is 2.27. The van der Waals surface area contributed by atoms with E-state index in [9.17, 15) is 9.59 Å². The first-order chi connectivity index (χ1) is 15.1. The monoisotopic (exact) mass is 408 g/mol. The minimum absolute atomic E-state index is 0.317. The Labute approximate surface area is 180 Å². The van der Waals surface area contributed by atoms with Gasteiger partial charge in [-0.2, -0.15) is 5.10 Å². The summed E-state index contributed by atoms with van der Waals surface area (Å²) in [5, 5.41) is 5.94. The summed E-state index contributed by atoms with van der Waals surface area (Å²) in [5.41, 5.74) is 5.10. The molecule has 1 N–H and O–H groups in total. The lowest BCUT2D eigenvalue weighted by atomic mass is 10.0. The van der Waals surface area contributed by atoms with Crippen LogP contribution in [0.15, 0.2) is 96.1 Å². The van der Waals surface area contributed by atoms with E-state index in [0.29, 0.717) is 22.4 Å². The topological polar surface area (TPSA) is 67.8 Å². The number of benzene rings is 4. The number of fused-ring (bicyclic) bond motifs is 1. The lowest BCUT2D eigenvalue weighted by molar-refractivity contribution is 0.0734. The van der Waals surface area contributed by atoms with Gasteiger partial charge in [0, 0.05) is 11.1 Å². The zero-order valence-electron chi connectivity index (χ0n) is 16.9. The minimum Gasteiger partial charge on any atom is -0.422 e. The third-order valence-electron chi connectivity index (χ3n) is 4.78. The molecule has 4 rings (SSSR count). The molecule has 0 heterocycles. The molecule has 0 fully saturated rings. The van der Waals surface area contributed by atoms with Gasteiger partial charge in [-0.15, -0.1) is 0 Å². The van der Waals surface area contributed by atoms with Crippen LogP contribution >= 0.6 is 0 Å². The molecule has 4 aromatic carbocycles. The summed E-state index contributed by atoms with van der Waals surface area (Å²) >= 11 is 0. The van der Waals surface area contributed by atoms with Gasteiger partial charge in [0.15, 0.2) is 0 Å². The van der Waals surface area contributed by atoms with Crippen molar-refractivity contribution in [2.24, 2.45) is 5.10 Å². The Hall–Kier alpha value is -4.25. The van der Waals surface area contributed by atoms with Crippen molar-refractivity contribution in [3.8, 4) is 5.75 Å². The molecule has 0 saturated heterocycles. The van der Waals surface area contributed by atoms with E-state index in [2.05, 4.69) is 10.5 Å². The number of amides is 1. The van der Waals surface area contributed by atoms with Crippen LogP contribution in [0.4, 0.5) is 0 Å². The predicted octanol–water partition coefficient (Wildman–Crippen LogP) is 5.13. The molecule has 152 valence electrons. The van der Waals surface area contributed by atoms with Crippen LogP contribution in [0.5, 0.6) is 5.75 Å². The van der Waals surface area contributed by atoms with E-state index in [1.165, 1.54) is 6.21 Å². The van der Waals surface area contributed by atoms with Crippen molar-refractivity contribution in [1.82, 2.24) is 5.43 Å². The molecule has 1 amide bonds. The van der Waals surface area contributed by atoms with Gasteiger partial charge in [0.2, 0.25) is 0 Å². The number of nitrogens with zero attached hydrogens (tertiary/aromatic N) is 1. The van der Waals surface area contributed by atoms with E-state index in [-0.39, 0.29) is 5.91 Å². The van der Waals surface area contributed by atoms with Crippen LogP contribution in [0.2, 0.25) is 0 Å². The predicted molar refractivity (Wildman–Crippen MR) is 122 cm³/mol. The van der Waals surface area contributed by atoms with Crippen LogP contribution in [-0.4, -0.2) is 18.1 Å². The molecule has 0 aliphatic heterocycles. The van der Waals surface area contributed by atoms with Gasteiger partial charge in [0.25, 0.3) is 5.91 Å². The summed E-state index contributed by atoms with van der Waals surface area (Å²) in [4.78, 5) is 25.0. The number of nitrogens with one attached hydrogen (secondary N) is 1. The van der Waals surface area contributed by atoms with Crippen molar-refractivity contribution in [3.05, 3.63) is 113 Å². The lowest BCUT2D eigenvalue weighted by Crippen LogP contribution is -2.17. The molecule has 0 spiro atoms. The van der Waals surface area contributed by atoms with E-state index in [4.69, 9.17) is 4.74 Å². The molecule has 0 aromatic heterocycles. The van der Waals surface area contributed by atoms with Gasteiger partial charge in [0.1, 0.15) is 5.75 Å². The Morgan fingerprint density at radius 3 is 2.39 bits per heavy atom. The van der Waals surface area contributed by atoms with Gasteiger partial charge < -0.3 is 4.74 Å². The molecule has 0 radical (unpaired) electrons. The van der Waals surface area contributed by atoms with Crippen molar-refractivity contribution >= 4 is 28.9 Å². The van der Waals surface area contributed by atoms with Gasteiger partial charge in [-0.3, -0.25) is 4.79 Å². The SMILES string of the molecule is Cc1cccc(C(=O)N/N=C/c2c(OC(=O)c3ccccc3)ccc3ccccc23)c1. The van der Waals surface area contributed by atoms with Crippen LogP contribution in [0.25, 0.3) is 10.8 Å². The van der Waals surface area contributed by atoms with Crippen molar-refractivity contribution in [3.63, 3.8) is 0 Å². The Morgan fingerprint density at radius 1 is 0.839 bits per heavy atom. The number of hydrogen-bond donors (Lipinski definition) is 1. The Balaban J connectivity index is 1.63. The maximum Gasteiger partial charge on any atom is 0.343 e. The molecule has 0 aliphatic carbocycles. The summed E-state index contributed by atoms with van der Waals surface area (Å²) < 4.78 is 5.65. The molecule has 4 aromatic rings. The molecule has 0 aliphatic rings. The van der Waals surface area contributed by atoms with E-state index in [1.807, 2.05) is 55.5 Å². The third kappa shape index (κ3) is 4.67. The highest BCUT2D eigenvalue weighted by atomic mass is 16.5. The molecule has 5 nitrogen and oxygen atoms in total. The first-order valence-corrected chi connectivity index (χ1v) is 9.81. The van der Waals surface area contributed by atoms with Crippen LogP contribution in [0.1, 0.15) is 31.8 Å². The Kier molecular flexibility index (Phi) is 5.85. The molecular formula is C26H20N2O3. The fourth-order valence-corrected chi connectivity index (χ4v) is 3.24. The van der Waals surface area contributed by atoms with Crippen molar-refractivity contribution < 1.29 is 14.3 Å². The number of carbonyl (C=O) groups excluding carboxylic acids is 2. The number of ether oxygens (including phenoxy) is 1. The first kappa shape index (κ1) is 20.0. The maximum absolute atomic E-state index is 12.6. The molecule has 0 bridgehead atoms. The van der Waals surface area contributed by atoms with Gasteiger partial charge in [-0.05, 0) is 48.0 Å². The van der Waals surface area contributed by atoms with Gasteiger partial charge in [-0.25, -0.2) is 10.2 Å². The second-order valence-corrected chi connectivity index (χ2v) is 7.02. The van der Waals surface area contributed by atoms with Crippen LogP contribution in [0, 0.1) is 6.92 Å². The fourth-order valence-electron chi connectivity index (χ4n) is 3.24. The molecule has 5 heteroatoms. The molecule has 0 atom stereocenters. The summed E-state index contributed by atoms with van der Waals surface area (Å²) in [6.45, 7) is 1.92. The van der Waals surface area contributed by atoms with Gasteiger partial charge >= 0.3 is 5.97 Å². The number of hydrazone groups is 1. The van der Waals surface area contributed by atoms with E-state index in [1.54, 1.807) is 42.5 Å². The Morgan fingerprint density at radius 2 is 1.58 bits per heavy atom. The minimum atomic E-state index is -0.464. The quantitative estimate of drug-likeness (QED) is 0.215. The lowest BCUT2D eigenvalue weighted by Gasteiger charge is -2.10. The summed E-state index contributed by atoms with van der Waals surface area (Å²) in [6.07, 6.45) is 1.50. The molecular weight excluding hydrogens is 388 g/mol. The summed E-state index contributed by atoms with van der Waals surface area (Å²) in [6, 6.07) is 27.3. The van der Waals surface area contributed by atoms with Gasteiger partial charge in [-0.1, -0.05) is 66.2 Å². The maximum atomic E-state index is 12.6. The third-order valence-corrected chi connectivity index (χ3v) is 4.78. The standard InChI is InChI=1S/C26H20N2O3/c1-18-8-7-12-21(16-18)25(29)28-27-17-23-22-13-6-5-9-19(22)14-15-24(23)31-26(30)20-10-3-2-4-11-20/h2-17H,1H3,(H,28,29)/b27-17+. The van der Waals surface area contributed by atoms with Crippen LogP contribution < -0.4 is 10.2 Å². The summed E-state index contributed by atoms with van der Waals surface area (Å²) in [5.74, 6) is -0.418. The average molecular weight is 408 g/mol. The van der Waals surface area contributed by atoms with Crippen molar-refractivity contribution in [2.45, 2.75) is 6.92 Å². The first-order valence-electron chi connectivity index (χ1n) is 9.81. The largest absolute Gasteiger partial charge is 0.422 e. The Bertz CT molecular complexity index is 1280. The zero-order valence-corrected chi connectivity index (χ0v) is 16.9. The highest BCUT2D eigenvalue weighted by Gasteiger charge is 2.13. The van der Waals surface area contributed by atoms with Gasteiger partial charge in [0.05, 0.1) is 11.8 Å². The van der Waals surface area contributed by atoms with Crippen LogP contribution in [-0.2, 0) is 0 Å².